The minimum absolute atomic E-state index is 0.0762. The van der Waals surface area contributed by atoms with Crippen molar-refractivity contribution in [2.75, 3.05) is 38.3 Å². The molecule has 0 bridgehead atoms. The molecule has 1 amide bonds. The Kier molecular flexibility index (Phi) is 7.23. The standard InChI is InChI=1S/C24H36N4O3/c1-7-20-19-15-31-24(4,5)12-17(19)18(13-25)23(26-20)27-9-10-28(21(14-27)16(2)3)22(29)8-11-30-6/h16,21H,7-12,14-15H2,1-6H3/t21-/m0/s1. The van der Waals surface area contributed by atoms with Crippen LogP contribution in [0.15, 0.2) is 0 Å². The van der Waals surface area contributed by atoms with Crippen LogP contribution in [0.2, 0.25) is 0 Å². The molecule has 0 unspecified atom stereocenters. The molecule has 0 aliphatic carbocycles. The smallest absolute Gasteiger partial charge is 0.225 e. The van der Waals surface area contributed by atoms with Crippen molar-refractivity contribution in [3.8, 4) is 6.07 Å². The minimum Gasteiger partial charge on any atom is -0.384 e. The summed E-state index contributed by atoms with van der Waals surface area (Å²) in [6.07, 6.45) is 1.90. The highest BCUT2D eigenvalue weighted by Gasteiger charge is 2.36. The van der Waals surface area contributed by atoms with Gasteiger partial charge in [0.1, 0.15) is 11.9 Å². The van der Waals surface area contributed by atoms with Gasteiger partial charge in [0.25, 0.3) is 0 Å². The fraction of sp³-hybridized carbons (Fsp3) is 0.708. The number of ether oxygens (including phenoxy) is 2. The SMILES string of the molecule is CCc1nc(N2CCN(C(=O)CCOC)[C@H](C(C)C)C2)c(C#N)c2c1COC(C)(C)C2. The van der Waals surface area contributed by atoms with Crippen molar-refractivity contribution in [3.05, 3.63) is 22.4 Å². The van der Waals surface area contributed by atoms with Gasteiger partial charge in [-0.05, 0) is 31.7 Å². The third-order valence-corrected chi connectivity index (χ3v) is 6.46. The number of fused-ring (bicyclic) bond motifs is 1. The Bertz CT molecular complexity index is 859. The number of methoxy groups -OCH3 is 1. The summed E-state index contributed by atoms with van der Waals surface area (Å²) in [5.41, 5.74) is 3.55. The second-order valence-electron chi connectivity index (χ2n) is 9.49. The first kappa shape index (κ1) is 23.5. The molecule has 1 atom stereocenters. The van der Waals surface area contributed by atoms with Gasteiger partial charge in [0, 0.05) is 44.4 Å². The van der Waals surface area contributed by atoms with Crippen LogP contribution in [0.1, 0.15) is 63.4 Å². The van der Waals surface area contributed by atoms with Gasteiger partial charge < -0.3 is 19.3 Å². The van der Waals surface area contributed by atoms with Gasteiger partial charge in [-0.1, -0.05) is 20.8 Å². The van der Waals surface area contributed by atoms with E-state index in [1.54, 1.807) is 7.11 Å². The minimum atomic E-state index is -0.296. The molecule has 3 rings (SSSR count). The highest BCUT2D eigenvalue weighted by Crippen LogP contribution is 2.36. The van der Waals surface area contributed by atoms with Crippen molar-refractivity contribution in [1.82, 2.24) is 9.88 Å². The average Bonchev–Trinajstić information content (AvgIpc) is 2.74. The van der Waals surface area contributed by atoms with Gasteiger partial charge in [0.2, 0.25) is 5.91 Å². The molecule has 1 aromatic heterocycles. The Labute approximate surface area is 186 Å². The number of hydrogen-bond donors (Lipinski definition) is 0. The van der Waals surface area contributed by atoms with E-state index in [2.05, 4.69) is 45.6 Å². The van der Waals surface area contributed by atoms with Crippen LogP contribution in [0.5, 0.6) is 0 Å². The van der Waals surface area contributed by atoms with E-state index >= 15 is 0 Å². The molecule has 1 saturated heterocycles. The summed E-state index contributed by atoms with van der Waals surface area (Å²) in [5.74, 6) is 1.20. The van der Waals surface area contributed by atoms with Crippen LogP contribution in [0.3, 0.4) is 0 Å². The molecule has 0 N–H and O–H groups in total. The molecule has 31 heavy (non-hydrogen) atoms. The van der Waals surface area contributed by atoms with Gasteiger partial charge in [-0.2, -0.15) is 5.26 Å². The van der Waals surface area contributed by atoms with E-state index in [1.807, 2.05) is 4.90 Å². The lowest BCUT2D eigenvalue weighted by Gasteiger charge is -2.44. The number of carbonyl (C=O) groups is 1. The normalized spacial score (nSPS) is 20.5. The molecular weight excluding hydrogens is 392 g/mol. The van der Waals surface area contributed by atoms with Gasteiger partial charge in [-0.15, -0.1) is 0 Å². The molecule has 3 heterocycles. The summed E-state index contributed by atoms with van der Waals surface area (Å²) in [7, 11) is 1.62. The third kappa shape index (κ3) is 4.86. The zero-order chi connectivity index (χ0) is 22.8. The Morgan fingerprint density at radius 3 is 2.71 bits per heavy atom. The quantitative estimate of drug-likeness (QED) is 0.693. The molecule has 0 radical (unpaired) electrons. The predicted molar refractivity (Wildman–Crippen MR) is 120 cm³/mol. The number of rotatable bonds is 6. The zero-order valence-corrected chi connectivity index (χ0v) is 19.8. The monoisotopic (exact) mass is 428 g/mol. The number of nitrogens with zero attached hydrogens (tertiary/aromatic N) is 4. The van der Waals surface area contributed by atoms with Crippen molar-refractivity contribution in [2.24, 2.45) is 5.92 Å². The largest absolute Gasteiger partial charge is 0.384 e. The highest BCUT2D eigenvalue weighted by molar-refractivity contribution is 5.77. The number of anilines is 1. The van der Waals surface area contributed by atoms with Gasteiger partial charge in [0.15, 0.2) is 0 Å². The van der Waals surface area contributed by atoms with Crippen molar-refractivity contribution in [1.29, 1.82) is 5.26 Å². The molecule has 0 aromatic carbocycles. The van der Waals surface area contributed by atoms with Crippen LogP contribution < -0.4 is 4.90 Å². The van der Waals surface area contributed by atoms with E-state index in [4.69, 9.17) is 14.5 Å². The first-order valence-electron chi connectivity index (χ1n) is 11.3. The van der Waals surface area contributed by atoms with Gasteiger partial charge >= 0.3 is 0 Å². The summed E-state index contributed by atoms with van der Waals surface area (Å²) in [4.78, 5) is 21.9. The Morgan fingerprint density at radius 2 is 2.10 bits per heavy atom. The maximum Gasteiger partial charge on any atom is 0.225 e. The van der Waals surface area contributed by atoms with E-state index in [-0.39, 0.29) is 17.6 Å². The maximum absolute atomic E-state index is 12.7. The van der Waals surface area contributed by atoms with Crippen molar-refractivity contribution >= 4 is 11.7 Å². The van der Waals surface area contributed by atoms with Crippen LogP contribution in [0, 0.1) is 17.2 Å². The summed E-state index contributed by atoms with van der Waals surface area (Å²) < 4.78 is 11.1. The average molecular weight is 429 g/mol. The van der Waals surface area contributed by atoms with Crippen molar-refractivity contribution in [3.63, 3.8) is 0 Å². The topological polar surface area (TPSA) is 78.7 Å². The maximum atomic E-state index is 12.7. The molecule has 7 heteroatoms. The number of aryl methyl sites for hydroxylation is 1. The second kappa shape index (κ2) is 9.54. The number of pyridine rings is 1. The first-order chi connectivity index (χ1) is 14.7. The second-order valence-corrected chi connectivity index (χ2v) is 9.49. The van der Waals surface area contributed by atoms with E-state index in [9.17, 15) is 10.1 Å². The Hall–Kier alpha value is -2.17. The molecule has 7 nitrogen and oxygen atoms in total. The number of carbonyl (C=O) groups excluding carboxylic acids is 1. The van der Waals surface area contributed by atoms with Crippen LogP contribution in [-0.2, 0) is 33.7 Å². The summed E-state index contributed by atoms with van der Waals surface area (Å²) in [6, 6.07) is 2.54. The number of amides is 1. The van der Waals surface area contributed by atoms with E-state index in [0.29, 0.717) is 57.2 Å². The molecule has 0 saturated carbocycles. The molecule has 1 aromatic rings. The number of hydrogen-bond acceptors (Lipinski definition) is 6. The van der Waals surface area contributed by atoms with Crippen molar-refractivity contribution in [2.45, 2.75) is 72.1 Å². The Balaban J connectivity index is 1.96. The Morgan fingerprint density at radius 1 is 1.35 bits per heavy atom. The number of piperazine rings is 1. The predicted octanol–water partition coefficient (Wildman–Crippen LogP) is 3.08. The van der Waals surface area contributed by atoms with Gasteiger partial charge in [0.05, 0.1) is 36.8 Å². The molecular formula is C24H36N4O3. The van der Waals surface area contributed by atoms with E-state index < -0.39 is 0 Å². The first-order valence-corrected chi connectivity index (χ1v) is 11.3. The molecule has 170 valence electrons. The number of aromatic nitrogens is 1. The summed E-state index contributed by atoms with van der Waals surface area (Å²) in [6.45, 7) is 13.5. The fourth-order valence-corrected chi connectivity index (χ4v) is 4.68. The van der Waals surface area contributed by atoms with E-state index in [1.165, 1.54) is 0 Å². The van der Waals surface area contributed by atoms with Crippen LogP contribution in [-0.4, -0.2) is 60.8 Å². The summed E-state index contributed by atoms with van der Waals surface area (Å²) >= 11 is 0. The highest BCUT2D eigenvalue weighted by atomic mass is 16.5. The van der Waals surface area contributed by atoms with Crippen LogP contribution in [0.25, 0.3) is 0 Å². The van der Waals surface area contributed by atoms with Crippen LogP contribution in [0.4, 0.5) is 5.82 Å². The van der Waals surface area contributed by atoms with Crippen molar-refractivity contribution < 1.29 is 14.3 Å². The molecule has 1 fully saturated rings. The summed E-state index contributed by atoms with van der Waals surface area (Å²) in [5, 5.41) is 10.1. The fourth-order valence-electron chi connectivity index (χ4n) is 4.68. The molecule has 2 aliphatic heterocycles. The van der Waals surface area contributed by atoms with Gasteiger partial charge in [-0.25, -0.2) is 4.98 Å². The lowest BCUT2D eigenvalue weighted by molar-refractivity contribution is -0.135. The van der Waals surface area contributed by atoms with E-state index in [0.717, 1.165) is 29.1 Å². The van der Waals surface area contributed by atoms with Crippen LogP contribution >= 0.6 is 0 Å². The lowest BCUT2D eigenvalue weighted by Crippen LogP contribution is -2.57. The lowest BCUT2D eigenvalue weighted by atomic mass is 9.87. The third-order valence-electron chi connectivity index (χ3n) is 6.46. The molecule has 0 spiro atoms. The van der Waals surface area contributed by atoms with Gasteiger partial charge in [-0.3, -0.25) is 4.79 Å². The zero-order valence-electron chi connectivity index (χ0n) is 19.8. The number of nitriles is 1. The molecule has 2 aliphatic rings.